The molecule has 1 aliphatic rings. The molecule has 0 aromatic heterocycles. The average Bonchev–Trinajstić information content (AvgIpc) is 2.95. The van der Waals surface area contributed by atoms with Gasteiger partial charge in [0.15, 0.2) is 0 Å². The van der Waals surface area contributed by atoms with Gasteiger partial charge >= 0.3 is 5.97 Å². The third kappa shape index (κ3) is 2.69. The molecular weight excluding hydrogens is 182 g/mol. The Kier molecular flexibility index (Phi) is 3.89. The lowest BCUT2D eigenvalue weighted by molar-refractivity contribution is -0.145. The molecule has 0 heterocycles. The largest absolute Gasteiger partial charge is 0.480 e. The van der Waals surface area contributed by atoms with E-state index in [9.17, 15) is 4.79 Å². The first kappa shape index (κ1) is 11.5. The SMILES string of the molecule is COCCCNC(C)(C(=O)O)C1CC1. The smallest absolute Gasteiger partial charge is 0.323 e. The first-order chi connectivity index (χ1) is 6.61. The summed E-state index contributed by atoms with van der Waals surface area (Å²) in [5.41, 5.74) is -0.728. The number of methoxy groups -OCH3 is 1. The fourth-order valence-electron chi connectivity index (χ4n) is 1.62. The lowest BCUT2D eigenvalue weighted by Crippen LogP contribution is -2.51. The molecule has 1 fully saturated rings. The topological polar surface area (TPSA) is 58.6 Å². The quantitative estimate of drug-likeness (QED) is 0.600. The monoisotopic (exact) mass is 201 g/mol. The number of carboxylic acid groups (broad SMARTS) is 1. The molecule has 2 N–H and O–H groups in total. The zero-order chi connectivity index (χ0) is 10.6. The van der Waals surface area contributed by atoms with Crippen LogP contribution in [-0.2, 0) is 9.53 Å². The Morgan fingerprint density at radius 3 is 2.71 bits per heavy atom. The van der Waals surface area contributed by atoms with E-state index in [-0.39, 0.29) is 0 Å². The number of aliphatic carboxylic acids is 1. The number of nitrogens with one attached hydrogen (secondary N) is 1. The summed E-state index contributed by atoms with van der Waals surface area (Å²) in [4.78, 5) is 11.1. The van der Waals surface area contributed by atoms with E-state index in [1.54, 1.807) is 14.0 Å². The summed E-state index contributed by atoms with van der Waals surface area (Å²) in [7, 11) is 1.65. The van der Waals surface area contributed by atoms with Crippen molar-refractivity contribution < 1.29 is 14.6 Å². The molecule has 1 aliphatic carbocycles. The molecule has 0 aliphatic heterocycles. The second-order valence-corrected chi connectivity index (χ2v) is 4.05. The van der Waals surface area contributed by atoms with Crippen molar-refractivity contribution in [1.82, 2.24) is 5.32 Å². The molecule has 82 valence electrons. The predicted octanol–water partition coefficient (Wildman–Crippen LogP) is 0.866. The zero-order valence-corrected chi connectivity index (χ0v) is 8.88. The number of carbonyl (C=O) groups is 1. The molecule has 0 amide bonds. The fourth-order valence-corrected chi connectivity index (χ4v) is 1.62. The molecule has 14 heavy (non-hydrogen) atoms. The number of ether oxygens (including phenoxy) is 1. The van der Waals surface area contributed by atoms with Gasteiger partial charge in [-0.15, -0.1) is 0 Å². The van der Waals surface area contributed by atoms with E-state index >= 15 is 0 Å². The highest BCUT2D eigenvalue weighted by Gasteiger charge is 2.46. The van der Waals surface area contributed by atoms with Crippen molar-refractivity contribution in [3.63, 3.8) is 0 Å². The van der Waals surface area contributed by atoms with Gasteiger partial charge in [-0.1, -0.05) is 0 Å². The summed E-state index contributed by atoms with van der Waals surface area (Å²) in [6, 6.07) is 0. The minimum absolute atomic E-state index is 0.308. The van der Waals surface area contributed by atoms with E-state index in [0.717, 1.165) is 19.3 Å². The van der Waals surface area contributed by atoms with E-state index in [2.05, 4.69) is 5.32 Å². The van der Waals surface area contributed by atoms with Crippen molar-refractivity contribution in [3.8, 4) is 0 Å². The molecule has 1 rings (SSSR count). The highest BCUT2D eigenvalue weighted by Crippen LogP contribution is 2.39. The average molecular weight is 201 g/mol. The van der Waals surface area contributed by atoms with Gasteiger partial charge < -0.3 is 15.2 Å². The van der Waals surface area contributed by atoms with Crippen molar-refractivity contribution in [2.45, 2.75) is 31.7 Å². The van der Waals surface area contributed by atoms with Crippen LogP contribution in [0, 0.1) is 5.92 Å². The molecule has 1 atom stereocenters. The Morgan fingerprint density at radius 2 is 2.29 bits per heavy atom. The molecule has 4 heteroatoms. The van der Waals surface area contributed by atoms with Crippen LogP contribution in [0.4, 0.5) is 0 Å². The van der Waals surface area contributed by atoms with E-state index < -0.39 is 11.5 Å². The Morgan fingerprint density at radius 1 is 1.64 bits per heavy atom. The highest BCUT2D eigenvalue weighted by molar-refractivity contribution is 5.79. The van der Waals surface area contributed by atoms with Gasteiger partial charge in [-0.2, -0.15) is 0 Å². The second kappa shape index (κ2) is 4.75. The van der Waals surface area contributed by atoms with Crippen LogP contribution in [0.3, 0.4) is 0 Å². The molecule has 0 aromatic carbocycles. The standard InChI is InChI=1S/C10H19NO3/c1-10(9(12)13,8-4-5-8)11-6-3-7-14-2/h8,11H,3-7H2,1-2H3,(H,12,13). The predicted molar refractivity (Wildman–Crippen MR) is 53.3 cm³/mol. The van der Waals surface area contributed by atoms with Crippen molar-refractivity contribution in [3.05, 3.63) is 0 Å². The number of rotatable bonds is 7. The van der Waals surface area contributed by atoms with Crippen LogP contribution in [0.5, 0.6) is 0 Å². The van der Waals surface area contributed by atoms with Crippen LogP contribution in [0.15, 0.2) is 0 Å². The lowest BCUT2D eigenvalue weighted by Gasteiger charge is -2.26. The van der Waals surface area contributed by atoms with Gasteiger partial charge in [-0.05, 0) is 38.6 Å². The summed E-state index contributed by atoms with van der Waals surface area (Å²) in [5.74, 6) is -0.431. The van der Waals surface area contributed by atoms with Crippen molar-refractivity contribution in [2.75, 3.05) is 20.3 Å². The van der Waals surface area contributed by atoms with E-state index in [1.165, 1.54) is 0 Å². The van der Waals surface area contributed by atoms with Gasteiger partial charge in [0, 0.05) is 13.7 Å². The number of hydrogen-bond acceptors (Lipinski definition) is 3. The van der Waals surface area contributed by atoms with E-state index in [4.69, 9.17) is 9.84 Å². The number of hydrogen-bond donors (Lipinski definition) is 2. The molecule has 1 saturated carbocycles. The van der Waals surface area contributed by atoms with Crippen molar-refractivity contribution in [2.24, 2.45) is 5.92 Å². The van der Waals surface area contributed by atoms with Gasteiger partial charge in [0.05, 0.1) is 0 Å². The number of carboxylic acids is 1. The molecule has 4 nitrogen and oxygen atoms in total. The Hall–Kier alpha value is -0.610. The summed E-state index contributed by atoms with van der Waals surface area (Å²) < 4.78 is 4.91. The Balaban J connectivity index is 2.32. The van der Waals surface area contributed by atoms with Crippen LogP contribution in [0.1, 0.15) is 26.2 Å². The highest BCUT2D eigenvalue weighted by atomic mass is 16.5. The van der Waals surface area contributed by atoms with Crippen LogP contribution >= 0.6 is 0 Å². The van der Waals surface area contributed by atoms with Gasteiger partial charge in [0.1, 0.15) is 5.54 Å². The second-order valence-electron chi connectivity index (χ2n) is 4.05. The molecule has 0 radical (unpaired) electrons. The summed E-state index contributed by atoms with van der Waals surface area (Å²) in [6.07, 6.45) is 2.91. The van der Waals surface area contributed by atoms with Crippen LogP contribution < -0.4 is 5.32 Å². The van der Waals surface area contributed by atoms with E-state index in [1.807, 2.05) is 0 Å². The minimum atomic E-state index is -0.739. The zero-order valence-electron chi connectivity index (χ0n) is 8.88. The lowest BCUT2D eigenvalue weighted by atomic mass is 9.96. The normalized spacial score (nSPS) is 20.4. The van der Waals surface area contributed by atoms with E-state index in [0.29, 0.717) is 19.1 Å². The van der Waals surface area contributed by atoms with Gasteiger partial charge in [0.2, 0.25) is 0 Å². The third-order valence-electron chi connectivity index (χ3n) is 2.86. The molecule has 0 spiro atoms. The van der Waals surface area contributed by atoms with Gasteiger partial charge in [-0.3, -0.25) is 4.79 Å². The van der Waals surface area contributed by atoms with Crippen LogP contribution in [-0.4, -0.2) is 36.9 Å². The van der Waals surface area contributed by atoms with Crippen LogP contribution in [0.25, 0.3) is 0 Å². The Bertz CT molecular complexity index is 204. The third-order valence-corrected chi connectivity index (χ3v) is 2.86. The maximum absolute atomic E-state index is 11.1. The maximum Gasteiger partial charge on any atom is 0.323 e. The van der Waals surface area contributed by atoms with Gasteiger partial charge in [0.25, 0.3) is 0 Å². The molecular formula is C10H19NO3. The Labute approximate surface area is 84.6 Å². The van der Waals surface area contributed by atoms with Crippen molar-refractivity contribution in [1.29, 1.82) is 0 Å². The first-order valence-corrected chi connectivity index (χ1v) is 5.08. The molecule has 0 saturated heterocycles. The molecule has 0 bridgehead atoms. The minimum Gasteiger partial charge on any atom is -0.480 e. The maximum atomic E-state index is 11.1. The van der Waals surface area contributed by atoms with Crippen LogP contribution in [0.2, 0.25) is 0 Å². The fraction of sp³-hybridized carbons (Fsp3) is 0.900. The summed E-state index contributed by atoms with van der Waals surface area (Å²) in [5, 5.41) is 12.2. The first-order valence-electron chi connectivity index (χ1n) is 5.08. The van der Waals surface area contributed by atoms with Crippen molar-refractivity contribution >= 4 is 5.97 Å². The molecule has 1 unspecified atom stereocenters. The van der Waals surface area contributed by atoms with Gasteiger partial charge in [-0.25, -0.2) is 0 Å². The summed E-state index contributed by atoms with van der Waals surface area (Å²) in [6.45, 7) is 3.15. The summed E-state index contributed by atoms with van der Waals surface area (Å²) >= 11 is 0. The molecule has 0 aromatic rings.